The summed E-state index contributed by atoms with van der Waals surface area (Å²) in [4.78, 5) is 11.9. The van der Waals surface area contributed by atoms with Crippen molar-refractivity contribution in [1.29, 1.82) is 0 Å². The first kappa shape index (κ1) is 18.6. The molecule has 4 atom stereocenters. The molecule has 1 aromatic carbocycles. The van der Waals surface area contributed by atoms with E-state index in [1.54, 1.807) is 30.3 Å². The highest BCUT2D eigenvalue weighted by atomic mass is 31.1. The fraction of sp³-hybridized carbons (Fsp3) is 0.312. The van der Waals surface area contributed by atoms with E-state index in [0.717, 1.165) is 0 Å². The van der Waals surface area contributed by atoms with Gasteiger partial charge in [0.15, 0.2) is 30.0 Å². The van der Waals surface area contributed by atoms with Crippen LogP contribution in [0.1, 0.15) is 12.6 Å². The van der Waals surface area contributed by atoms with Gasteiger partial charge in [0.05, 0.1) is 6.33 Å². The molecule has 3 heterocycles. The maximum absolute atomic E-state index is 14.9. The summed E-state index contributed by atoms with van der Waals surface area (Å²) in [6.07, 6.45) is -0.829. The highest BCUT2D eigenvalue weighted by Crippen LogP contribution is 2.42. The van der Waals surface area contributed by atoms with Crippen molar-refractivity contribution < 1.29 is 27.1 Å². The number of nitrogens with zero attached hydrogens (tertiary/aromatic N) is 4. The molecule has 0 amide bonds. The van der Waals surface area contributed by atoms with Crippen LogP contribution in [0.15, 0.2) is 43.0 Å². The van der Waals surface area contributed by atoms with Gasteiger partial charge in [-0.3, -0.25) is 4.57 Å². The quantitative estimate of drug-likeness (QED) is 0.617. The van der Waals surface area contributed by atoms with Gasteiger partial charge >= 0.3 is 8.25 Å². The second-order valence-corrected chi connectivity index (χ2v) is 6.93. The third kappa shape index (κ3) is 3.51. The monoisotopic (exact) mass is 410 g/mol. The zero-order valence-corrected chi connectivity index (χ0v) is 15.2. The minimum Gasteiger partial charge on any atom is -0.382 e. The van der Waals surface area contributed by atoms with Gasteiger partial charge in [-0.2, -0.15) is 0 Å². The second kappa shape index (κ2) is 7.34. The number of nitrogen functional groups attached to an aromatic ring is 1. The van der Waals surface area contributed by atoms with Gasteiger partial charge in [-0.1, -0.05) is 18.2 Å². The predicted molar refractivity (Wildman–Crippen MR) is 93.8 cm³/mol. The van der Waals surface area contributed by atoms with Crippen molar-refractivity contribution in [3.05, 3.63) is 43.0 Å². The fourth-order valence-corrected chi connectivity index (χ4v) is 3.44. The van der Waals surface area contributed by atoms with Crippen LogP contribution in [0.2, 0.25) is 0 Å². The molecule has 4 rings (SSSR count). The van der Waals surface area contributed by atoms with Crippen LogP contribution in [0.25, 0.3) is 11.2 Å². The fourth-order valence-electron chi connectivity index (χ4n) is 2.81. The van der Waals surface area contributed by atoms with Crippen molar-refractivity contribution in [1.82, 2.24) is 19.5 Å². The van der Waals surface area contributed by atoms with Gasteiger partial charge in [0.2, 0.25) is 0 Å². The Morgan fingerprint density at radius 2 is 2.11 bits per heavy atom. The number of benzene rings is 1. The maximum atomic E-state index is 14.9. The van der Waals surface area contributed by atoms with Crippen molar-refractivity contribution in [2.75, 3.05) is 12.3 Å². The Morgan fingerprint density at radius 3 is 2.89 bits per heavy atom. The molecule has 0 radical (unpaired) electrons. The lowest BCUT2D eigenvalue weighted by Crippen LogP contribution is -2.36. The molecule has 0 saturated carbocycles. The molecule has 12 heteroatoms. The van der Waals surface area contributed by atoms with Crippen LogP contribution in [-0.4, -0.2) is 38.2 Å². The van der Waals surface area contributed by atoms with Crippen LogP contribution < -0.4 is 10.3 Å². The van der Waals surface area contributed by atoms with Crippen molar-refractivity contribution in [3.63, 3.8) is 0 Å². The summed E-state index contributed by atoms with van der Waals surface area (Å²) < 4.78 is 57.6. The summed E-state index contributed by atoms with van der Waals surface area (Å²) in [6.45, 7) is -0.906. The summed E-state index contributed by atoms with van der Waals surface area (Å²) in [5.41, 5.74) is 6.30. The number of ether oxygens (including phenoxy) is 1. The van der Waals surface area contributed by atoms with Crippen molar-refractivity contribution >= 4 is 25.2 Å². The summed E-state index contributed by atoms with van der Waals surface area (Å²) in [7, 11) is -2.71. The van der Waals surface area contributed by atoms with Gasteiger partial charge in [0, 0.05) is 11.0 Å². The number of fused-ring (bicyclic) bond motifs is 1. The second-order valence-electron chi connectivity index (χ2n) is 6.05. The lowest BCUT2D eigenvalue weighted by Gasteiger charge is -2.19. The number of alkyl halides is 2. The molecule has 1 unspecified atom stereocenters. The average Bonchev–Trinajstić information content (AvgIpc) is 3.24. The largest absolute Gasteiger partial charge is 0.750 e. The van der Waals surface area contributed by atoms with Crippen LogP contribution in [0.4, 0.5) is 14.6 Å². The lowest BCUT2D eigenvalue weighted by molar-refractivity contribution is -0.190. The molecule has 146 valence electrons. The highest BCUT2D eigenvalue weighted by molar-refractivity contribution is 7.33. The zero-order valence-electron chi connectivity index (χ0n) is 14.3. The van der Waals surface area contributed by atoms with Crippen LogP contribution in [-0.2, 0) is 13.8 Å². The molecule has 2 aromatic heterocycles. The van der Waals surface area contributed by atoms with Crippen LogP contribution in [0.5, 0.6) is 5.75 Å². The third-order valence-corrected chi connectivity index (χ3v) is 4.90. The SMILES string of the molecule is Nc1ncnc2c1ncn2[C@H]1C[C@H](F)[C@@](F)(CO[P+](=O)Oc2ccccc2)O1. The first-order valence-electron chi connectivity index (χ1n) is 8.23. The zero-order chi connectivity index (χ0) is 19.7. The normalized spacial score (nSPS) is 25.1. The van der Waals surface area contributed by atoms with E-state index in [4.69, 9.17) is 19.5 Å². The topological polar surface area (TPSA) is 114 Å². The number of rotatable bonds is 6. The molecular formula is C16H15F2N5O4P+. The van der Waals surface area contributed by atoms with Crippen molar-refractivity contribution in [2.24, 2.45) is 0 Å². The number of hydrogen-bond acceptors (Lipinski definition) is 8. The summed E-state index contributed by atoms with van der Waals surface area (Å²) in [5, 5.41) is 0. The molecule has 3 aromatic rings. The molecule has 0 bridgehead atoms. The number of hydrogen-bond donors (Lipinski definition) is 1. The van der Waals surface area contributed by atoms with Gasteiger partial charge in [-0.15, -0.1) is 4.52 Å². The smallest absolute Gasteiger partial charge is 0.382 e. The molecule has 1 saturated heterocycles. The number of imidazole rings is 1. The van der Waals surface area contributed by atoms with Crippen LogP contribution in [0.3, 0.4) is 0 Å². The van der Waals surface area contributed by atoms with E-state index in [9.17, 15) is 13.3 Å². The summed E-state index contributed by atoms with van der Waals surface area (Å²) >= 11 is 0. The molecule has 1 fully saturated rings. The van der Waals surface area contributed by atoms with Crippen molar-refractivity contribution in [2.45, 2.75) is 24.7 Å². The molecule has 0 spiro atoms. The first-order valence-corrected chi connectivity index (χ1v) is 9.33. The highest BCUT2D eigenvalue weighted by Gasteiger charge is 2.53. The molecule has 28 heavy (non-hydrogen) atoms. The number of aromatic nitrogens is 4. The van der Waals surface area contributed by atoms with E-state index in [1.165, 1.54) is 17.2 Å². The third-order valence-electron chi connectivity index (χ3n) is 4.20. The minimum atomic E-state index is -2.80. The lowest BCUT2D eigenvalue weighted by atomic mass is 10.2. The van der Waals surface area contributed by atoms with Gasteiger partial charge in [-0.05, 0) is 12.1 Å². The van der Waals surface area contributed by atoms with Gasteiger partial charge in [0.1, 0.15) is 18.1 Å². The Balaban J connectivity index is 1.43. The van der Waals surface area contributed by atoms with Crippen LogP contribution in [0, 0.1) is 0 Å². The Hall–Kier alpha value is -2.75. The minimum absolute atomic E-state index is 0.142. The molecule has 2 N–H and O–H groups in total. The van der Waals surface area contributed by atoms with Gasteiger partial charge in [0.25, 0.3) is 5.85 Å². The summed E-state index contributed by atoms with van der Waals surface area (Å²) in [6, 6.07) is 8.20. The molecular weight excluding hydrogens is 395 g/mol. The first-order chi connectivity index (χ1) is 13.5. The average molecular weight is 410 g/mol. The van der Waals surface area contributed by atoms with Crippen molar-refractivity contribution in [3.8, 4) is 5.75 Å². The Morgan fingerprint density at radius 1 is 1.32 bits per heavy atom. The Bertz CT molecular complexity index is 1010. The van der Waals surface area contributed by atoms with E-state index < -0.39 is 33.1 Å². The summed E-state index contributed by atoms with van der Waals surface area (Å²) in [5.74, 6) is -2.38. The molecule has 1 aliphatic heterocycles. The molecule has 1 aliphatic rings. The van der Waals surface area contributed by atoms with E-state index in [1.807, 2.05) is 0 Å². The maximum Gasteiger partial charge on any atom is 0.750 e. The predicted octanol–water partition coefficient (Wildman–Crippen LogP) is 3.08. The number of para-hydroxylation sites is 1. The van der Waals surface area contributed by atoms with E-state index in [0.29, 0.717) is 5.52 Å². The molecule has 9 nitrogen and oxygen atoms in total. The van der Waals surface area contributed by atoms with E-state index in [-0.39, 0.29) is 23.6 Å². The molecule has 0 aliphatic carbocycles. The Labute approximate surface area is 158 Å². The standard InChI is InChI=1S/C16H15F2N5O4P/c17-11-6-12(23-9-22-13-14(19)20-8-21-15(13)23)26-16(11,18)7-25-28(24)27-10-4-2-1-3-5-10/h1-5,8-9,11-12H,6-7H2,(H2,19,20,21)/q+1/t11-,12+,16+/m0/s1. The van der Waals surface area contributed by atoms with E-state index >= 15 is 0 Å². The Kier molecular flexibility index (Phi) is 4.88. The van der Waals surface area contributed by atoms with Gasteiger partial charge in [-0.25, -0.2) is 28.3 Å². The number of anilines is 1. The van der Waals surface area contributed by atoms with Crippen LogP contribution >= 0.6 is 8.25 Å². The number of nitrogens with two attached hydrogens (primary N) is 1. The number of halogens is 2. The van der Waals surface area contributed by atoms with Gasteiger partial charge < -0.3 is 10.5 Å². The van der Waals surface area contributed by atoms with E-state index in [2.05, 4.69) is 15.0 Å².